The van der Waals surface area contributed by atoms with E-state index in [9.17, 15) is 4.79 Å². The maximum Gasteiger partial charge on any atom is 0.150 e. The molecule has 0 aromatic carbocycles. The fourth-order valence-corrected chi connectivity index (χ4v) is 1.27. The second-order valence-electron chi connectivity index (χ2n) is 3.41. The highest BCUT2D eigenvalue weighted by Crippen LogP contribution is 2.14. The predicted molar refractivity (Wildman–Crippen MR) is 61.8 cm³/mol. The maximum absolute atomic E-state index is 10.9. The largest absolute Gasteiger partial charge is 0.306 e. The molecule has 80 valence electrons. The van der Waals surface area contributed by atoms with Gasteiger partial charge in [-0.3, -0.25) is 4.79 Å². The van der Waals surface area contributed by atoms with Crippen LogP contribution in [0.15, 0.2) is 24.4 Å². The molecule has 4 heteroatoms. The van der Waals surface area contributed by atoms with Gasteiger partial charge in [0.05, 0.1) is 0 Å². The Hall–Kier alpha value is -1.19. The second-order valence-corrected chi connectivity index (χ2v) is 3.79. The maximum atomic E-state index is 10.9. The molecular formula is C11H13ClN2O. The van der Waals surface area contributed by atoms with E-state index in [1.807, 2.05) is 25.1 Å². The Kier molecular flexibility index (Phi) is 4.46. The quantitative estimate of drug-likeness (QED) is 0.445. The monoisotopic (exact) mass is 224 g/mol. The van der Waals surface area contributed by atoms with Crippen molar-refractivity contribution >= 4 is 23.5 Å². The predicted octanol–water partition coefficient (Wildman–Crippen LogP) is 1.88. The molecule has 0 aliphatic carbocycles. The Morgan fingerprint density at radius 2 is 2.33 bits per heavy atom. The topological polar surface area (TPSA) is 33.2 Å². The van der Waals surface area contributed by atoms with Crippen LogP contribution in [0, 0.1) is 0 Å². The number of carbonyl (C=O) groups is 1. The van der Waals surface area contributed by atoms with Crippen LogP contribution in [0.4, 0.5) is 0 Å². The Labute approximate surface area is 94.4 Å². The Morgan fingerprint density at radius 1 is 1.60 bits per heavy atom. The average Bonchev–Trinajstić information content (AvgIpc) is 2.18. The summed E-state index contributed by atoms with van der Waals surface area (Å²) in [4.78, 5) is 16.7. The summed E-state index contributed by atoms with van der Waals surface area (Å²) in [5, 5.41) is 0.394. The minimum atomic E-state index is 0.394. The summed E-state index contributed by atoms with van der Waals surface area (Å²) in [6.45, 7) is 0.716. The van der Waals surface area contributed by atoms with Crippen molar-refractivity contribution in [2.24, 2.45) is 0 Å². The molecular weight excluding hydrogens is 212 g/mol. The van der Waals surface area contributed by atoms with E-state index in [0.717, 1.165) is 11.8 Å². The first-order chi connectivity index (χ1) is 7.13. The van der Waals surface area contributed by atoms with Crippen molar-refractivity contribution in [1.82, 2.24) is 9.88 Å². The van der Waals surface area contributed by atoms with Gasteiger partial charge in [0.25, 0.3) is 0 Å². The van der Waals surface area contributed by atoms with E-state index >= 15 is 0 Å². The molecule has 1 aromatic rings. The number of hydrogen-bond acceptors (Lipinski definition) is 3. The Bertz CT molecular complexity index is 375. The van der Waals surface area contributed by atoms with Crippen molar-refractivity contribution in [3.63, 3.8) is 0 Å². The Balaban J connectivity index is 2.92. The molecule has 0 saturated carbocycles. The van der Waals surface area contributed by atoms with Crippen LogP contribution in [0.1, 0.15) is 5.56 Å². The molecule has 0 unspecified atom stereocenters. The minimum absolute atomic E-state index is 0.394. The van der Waals surface area contributed by atoms with Crippen LogP contribution in [0.25, 0.3) is 5.57 Å². The number of aldehydes is 1. The summed E-state index contributed by atoms with van der Waals surface area (Å²) < 4.78 is 0. The zero-order valence-electron chi connectivity index (χ0n) is 8.77. The van der Waals surface area contributed by atoms with Gasteiger partial charge < -0.3 is 4.90 Å². The number of allylic oxidation sites excluding steroid dienone is 1. The van der Waals surface area contributed by atoms with Crippen LogP contribution in [0.3, 0.4) is 0 Å². The summed E-state index contributed by atoms with van der Waals surface area (Å²) in [7, 11) is 3.89. The fraction of sp³-hybridized carbons (Fsp3) is 0.273. The second kappa shape index (κ2) is 5.63. The van der Waals surface area contributed by atoms with Gasteiger partial charge in [0.1, 0.15) is 11.4 Å². The molecule has 0 spiro atoms. The average molecular weight is 225 g/mol. The molecule has 1 rings (SSSR count). The van der Waals surface area contributed by atoms with Gasteiger partial charge in [-0.1, -0.05) is 17.7 Å². The number of pyridine rings is 1. The van der Waals surface area contributed by atoms with Crippen LogP contribution in [0.2, 0.25) is 5.15 Å². The van der Waals surface area contributed by atoms with E-state index < -0.39 is 0 Å². The van der Waals surface area contributed by atoms with Gasteiger partial charge in [0, 0.05) is 18.3 Å². The summed E-state index contributed by atoms with van der Waals surface area (Å²) >= 11 is 5.74. The van der Waals surface area contributed by atoms with Crippen molar-refractivity contribution < 1.29 is 4.79 Å². The highest BCUT2D eigenvalue weighted by molar-refractivity contribution is 6.29. The number of nitrogens with zero attached hydrogens (tertiary/aromatic N) is 2. The molecule has 0 aliphatic heterocycles. The van der Waals surface area contributed by atoms with Crippen LogP contribution in [-0.4, -0.2) is 36.8 Å². The van der Waals surface area contributed by atoms with Crippen molar-refractivity contribution in [2.75, 3.05) is 20.6 Å². The first-order valence-corrected chi connectivity index (χ1v) is 4.93. The lowest BCUT2D eigenvalue weighted by Crippen LogP contribution is -2.11. The lowest BCUT2D eigenvalue weighted by molar-refractivity contribution is -0.103. The van der Waals surface area contributed by atoms with Crippen molar-refractivity contribution in [3.8, 4) is 0 Å². The smallest absolute Gasteiger partial charge is 0.150 e. The van der Waals surface area contributed by atoms with Gasteiger partial charge in [0.2, 0.25) is 0 Å². The van der Waals surface area contributed by atoms with Crippen molar-refractivity contribution in [1.29, 1.82) is 0 Å². The molecule has 0 saturated heterocycles. The van der Waals surface area contributed by atoms with E-state index in [2.05, 4.69) is 4.98 Å². The van der Waals surface area contributed by atoms with E-state index in [-0.39, 0.29) is 0 Å². The molecule has 0 bridgehead atoms. The summed E-state index contributed by atoms with van der Waals surface area (Å²) in [5.74, 6) is 0. The Morgan fingerprint density at radius 3 is 2.87 bits per heavy atom. The van der Waals surface area contributed by atoms with Gasteiger partial charge in [-0.25, -0.2) is 4.98 Å². The van der Waals surface area contributed by atoms with Crippen molar-refractivity contribution in [2.45, 2.75) is 0 Å². The van der Waals surface area contributed by atoms with Gasteiger partial charge >= 0.3 is 0 Å². The van der Waals surface area contributed by atoms with Crippen LogP contribution >= 0.6 is 11.6 Å². The summed E-state index contributed by atoms with van der Waals surface area (Å²) in [6, 6.07) is 3.44. The minimum Gasteiger partial charge on any atom is -0.306 e. The van der Waals surface area contributed by atoms with Gasteiger partial charge in [-0.2, -0.15) is 0 Å². The fourth-order valence-electron chi connectivity index (χ4n) is 1.10. The number of rotatable bonds is 4. The van der Waals surface area contributed by atoms with E-state index in [0.29, 0.717) is 17.3 Å². The number of aromatic nitrogens is 1. The lowest BCUT2D eigenvalue weighted by atomic mass is 10.1. The van der Waals surface area contributed by atoms with Crippen LogP contribution < -0.4 is 0 Å². The first-order valence-electron chi connectivity index (χ1n) is 4.55. The highest BCUT2D eigenvalue weighted by Gasteiger charge is 2.01. The van der Waals surface area contributed by atoms with E-state index in [1.165, 1.54) is 0 Å². The molecule has 0 atom stereocenters. The molecule has 0 radical (unpaired) electrons. The molecule has 0 fully saturated rings. The van der Waals surface area contributed by atoms with Crippen molar-refractivity contribution in [3.05, 3.63) is 35.1 Å². The van der Waals surface area contributed by atoms with Gasteiger partial charge in [-0.15, -0.1) is 0 Å². The molecule has 15 heavy (non-hydrogen) atoms. The number of hydrogen-bond donors (Lipinski definition) is 0. The standard InChI is InChI=1S/C11H13ClN2O/c1-14(2)6-4-10(8-15)9-3-5-13-11(12)7-9/h3-5,7-8H,6H2,1-2H3. The normalized spacial score (nSPS) is 11.9. The molecule has 0 aliphatic rings. The number of carbonyl (C=O) groups excluding carboxylic acids is 1. The number of halogens is 1. The summed E-state index contributed by atoms with van der Waals surface area (Å²) in [5.41, 5.74) is 1.43. The van der Waals surface area contributed by atoms with Crippen LogP contribution in [0.5, 0.6) is 0 Å². The molecule has 1 aromatic heterocycles. The summed E-state index contributed by atoms with van der Waals surface area (Å²) in [6.07, 6.45) is 4.28. The third kappa shape index (κ3) is 3.81. The molecule has 0 amide bonds. The van der Waals surface area contributed by atoms with Gasteiger partial charge in [-0.05, 0) is 31.8 Å². The van der Waals surface area contributed by atoms with E-state index in [4.69, 9.17) is 11.6 Å². The van der Waals surface area contributed by atoms with E-state index in [1.54, 1.807) is 18.3 Å². The molecule has 3 nitrogen and oxygen atoms in total. The molecule has 1 heterocycles. The first kappa shape index (κ1) is 11.9. The highest BCUT2D eigenvalue weighted by atomic mass is 35.5. The molecule has 0 N–H and O–H groups in total. The number of likely N-dealkylation sites (N-methyl/N-ethyl adjacent to an activating group) is 1. The lowest BCUT2D eigenvalue weighted by Gasteiger charge is -2.06. The third-order valence-electron chi connectivity index (χ3n) is 1.86. The SMILES string of the molecule is CN(C)CC=C(C=O)c1ccnc(Cl)c1. The van der Waals surface area contributed by atoms with Crippen LogP contribution in [-0.2, 0) is 4.79 Å². The zero-order valence-corrected chi connectivity index (χ0v) is 9.53. The third-order valence-corrected chi connectivity index (χ3v) is 2.07. The van der Waals surface area contributed by atoms with Gasteiger partial charge in [0.15, 0.2) is 0 Å². The zero-order chi connectivity index (χ0) is 11.3.